The van der Waals surface area contributed by atoms with Crippen molar-refractivity contribution in [3.05, 3.63) is 119 Å². The number of ether oxygens (including phenoxy) is 2. The van der Waals surface area contributed by atoms with Gasteiger partial charge >= 0.3 is 0 Å². The SMILES string of the molecule is Oc1ccccc1CNCc1ccccc1OCC(O)COc1ccccc1CNCc1ccccc1O. The topological polar surface area (TPSA) is 103 Å². The van der Waals surface area contributed by atoms with Crippen molar-refractivity contribution in [2.45, 2.75) is 32.3 Å². The first-order chi connectivity index (χ1) is 18.6. The van der Waals surface area contributed by atoms with Gasteiger partial charge in [-0.05, 0) is 24.3 Å². The Balaban J connectivity index is 1.24. The third-order valence-electron chi connectivity index (χ3n) is 6.05. The lowest BCUT2D eigenvalue weighted by Crippen LogP contribution is -2.26. The summed E-state index contributed by atoms with van der Waals surface area (Å²) in [5.41, 5.74) is 3.56. The molecule has 7 nitrogen and oxygen atoms in total. The lowest BCUT2D eigenvalue weighted by atomic mass is 10.1. The van der Waals surface area contributed by atoms with Gasteiger partial charge < -0.3 is 35.4 Å². The Labute approximate surface area is 223 Å². The van der Waals surface area contributed by atoms with Crippen molar-refractivity contribution in [2.24, 2.45) is 0 Å². The molecule has 0 aliphatic heterocycles. The summed E-state index contributed by atoms with van der Waals surface area (Å²) in [4.78, 5) is 0. The summed E-state index contributed by atoms with van der Waals surface area (Å²) in [6.07, 6.45) is -0.820. The molecule has 0 unspecified atom stereocenters. The highest BCUT2D eigenvalue weighted by atomic mass is 16.5. The number of hydrogen-bond acceptors (Lipinski definition) is 7. The van der Waals surface area contributed by atoms with E-state index in [9.17, 15) is 15.3 Å². The van der Waals surface area contributed by atoms with E-state index < -0.39 is 6.10 Å². The van der Waals surface area contributed by atoms with Crippen LogP contribution in [0.4, 0.5) is 0 Å². The third-order valence-corrected chi connectivity index (χ3v) is 6.05. The number of hydrogen-bond donors (Lipinski definition) is 5. The molecule has 198 valence electrons. The molecule has 7 heteroatoms. The number of aliphatic hydroxyl groups is 1. The molecular weight excluding hydrogens is 480 g/mol. The average Bonchev–Trinajstić information content (AvgIpc) is 2.94. The first-order valence-electron chi connectivity index (χ1n) is 12.6. The molecule has 0 bridgehead atoms. The maximum absolute atomic E-state index is 10.5. The van der Waals surface area contributed by atoms with Crippen LogP contribution in [0.3, 0.4) is 0 Å². The molecule has 0 saturated heterocycles. The number of para-hydroxylation sites is 4. The van der Waals surface area contributed by atoms with E-state index in [1.807, 2.05) is 72.8 Å². The van der Waals surface area contributed by atoms with Gasteiger partial charge in [-0.3, -0.25) is 0 Å². The van der Waals surface area contributed by atoms with Crippen LogP contribution < -0.4 is 20.1 Å². The van der Waals surface area contributed by atoms with Crippen LogP contribution in [0.25, 0.3) is 0 Å². The number of nitrogens with one attached hydrogen (secondary N) is 2. The zero-order valence-corrected chi connectivity index (χ0v) is 21.2. The van der Waals surface area contributed by atoms with Crippen molar-refractivity contribution >= 4 is 0 Å². The maximum atomic E-state index is 10.5. The maximum Gasteiger partial charge on any atom is 0.123 e. The van der Waals surface area contributed by atoms with E-state index in [-0.39, 0.29) is 24.7 Å². The molecule has 0 heterocycles. The molecule has 4 aromatic rings. The number of aliphatic hydroxyl groups excluding tert-OH is 1. The molecule has 4 aromatic carbocycles. The molecule has 0 fully saturated rings. The van der Waals surface area contributed by atoms with Crippen LogP contribution in [0.15, 0.2) is 97.1 Å². The lowest BCUT2D eigenvalue weighted by molar-refractivity contribution is 0.0619. The molecule has 0 aliphatic carbocycles. The molecule has 0 atom stereocenters. The summed E-state index contributed by atoms with van der Waals surface area (Å²) in [5, 5.41) is 37.1. The van der Waals surface area contributed by atoms with Crippen LogP contribution in [0.5, 0.6) is 23.0 Å². The minimum Gasteiger partial charge on any atom is -0.508 e. The Bertz CT molecular complexity index is 1200. The van der Waals surface area contributed by atoms with Crippen molar-refractivity contribution in [3.63, 3.8) is 0 Å². The predicted molar refractivity (Wildman–Crippen MR) is 147 cm³/mol. The van der Waals surface area contributed by atoms with Gasteiger partial charge in [0.05, 0.1) is 0 Å². The van der Waals surface area contributed by atoms with Gasteiger partial charge in [0.1, 0.15) is 42.3 Å². The molecule has 5 N–H and O–H groups in total. The Morgan fingerprint density at radius 2 is 0.842 bits per heavy atom. The number of aromatic hydroxyl groups is 2. The van der Waals surface area contributed by atoms with E-state index in [2.05, 4.69) is 10.6 Å². The average molecular weight is 515 g/mol. The van der Waals surface area contributed by atoms with Crippen molar-refractivity contribution in [1.29, 1.82) is 0 Å². The minimum atomic E-state index is -0.820. The van der Waals surface area contributed by atoms with Crippen LogP contribution in [0.1, 0.15) is 22.3 Å². The first kappa shape index (κ1) is 27.0. The van der Waals surface area contributed by atoms with Crippen molar-refractivity contribution in [2.75, 3.05) is 13.2 Å². The smallest absolute Gasteiger partial charge is 0.123 e. The Hall–Kier alpha value is -4.04. The minimum absolute atomic E-state index is 0.0875. The third kappa shape index (κ3) is 7.98. The normalized spacial score (nSPS) is 11.0. The number of phenolic OH excluding ortho intramolecular Hbond substituents is 2. The van der Waals surface area contributed by atoms with Gasteiger partial charge in [-0.15, -0.1) is 0 Å². The van der Waals surface area contributed by atoms with Gasteiger partial charge in [0.25, 0.3) is 0 Å². The monoisotopic (exact) mass is 514 g/mol. The molecule has 38 heavy (non-hydrogen) atoms. The quantitative estimate of drug-likeness (QED) is 0.169. The number of phenols is 2. The largest absolute Gasteiger partial charge is 0.508 e. The van der Waals surface area contributed by atoms with Gasteiger partial charge in [0.15, 0.2) is 0 Å². The first-order valence-corrected chi connectivity index (χ1v) is 12.6. The van der Waals surface area contributed by atoms with Crippen LogP contribution >= 0.6 is 0 Å². The summed E-state index contributed by atoms with van der Waals surface area (Å²) in [6.45, 7) is 2.33. The van der Waals surface area contributed by atoms with Gasteiger partial charge in [-0.1, -0.05) is 72.8 Å². The molecule has 0 amide bonds. The van der Waals surface area contributed by atoms with Crippen LogP contribution in [0, 0.1) is 0 Å². The van der Waals surface area contributed by atoms with Crippen LogP contribution in [-0.4, -0.2) is 34.6 Å². The zero-order chi connectivity index (χ0) is 26.6. The van der Waals surface area contributed by atoms with E-state index in [1.165, 1.54) is 0 Å². The number of benzene rings is 4. The second-order valence-electron chi connectivity index (χ2n) is 8.96. The van der Waals surface area contributed by atoms with E-state index >= 15 is 0 Å². The van der Waals surface area contributed by atoms with Gasteiger partial charge in [-0.2, -0.15) is 0 Å². The molecule has 0 radical (unpaired) electrons. The second-order valence-corrected chi connectivity index (χ2v) is 8.96. The highest BCUT2D eigenvalue weighted by molar-refractivity contribution is 5.36. The van der Waals surface area contributed by atoms with E-state index in [0.717, 1.165) is 22.3 Å². The highest BCUT2D eigenvalue weighted by Crippen LogP contribution is 2.21. The summed E-state index contributed by atoms with van der Waals surface area (Å²) in [6, 6.07) is 29.8. The second kappa shape index (κ2) is 14.0. The summed E-state index contributed by atoms with van der Waals surface area (Å²) in [7, 11) is 0. The Morgan fingerprint density at radius 3 is 1.26 bits per heavy atom. The summed E-state index contributed by atoms with van der Waals surface area (Å²) in [5.74, 6) is 1.90. The van der Waals surface area contributed by atoms with Crippen LogP contribution in [0.2, 0.25) is 0 Å². The molecular formula is C31H34N2O5. The summed E-state index contributed by atoms with van der Waals surface area (Å²) >= 11 is 0. The fraction of sp³-hybridized carbons (Fsp3) is 0.226. The lowest BCUT2D eigenvalue weighted by Gasteiger charge is -2.17. The fourth-order valence-electron chi connectivity index (χ4n) is 3.99. The van der Waals surface area contributed by atoms with Gasteiger partial charge in [-0.25, -0.2) is 0 Å². The Morgan fingerprint density at radius 1 is 0.500 bits per heavy atom. The molecule has 0 aliphatic rings. The van der Waals surface area contributed by atoms with E-state index in [1.54, 1.807) is 24.3 Å². The molecule has 0 aromatic heterocycles. The summed E-state index contributed by atoms with van der Waals surface area (Å²) < 4.78 is 11.8. The van der Waals surface area contributed by atoms with E-state index in [0.29, 0.717) is 37.7 Å². The van der Waals surface area contributed by atoms with Gasteiger partial charge in [0, 0.05) is 48.4 Å². The molecule has 0 spiro atoms. The van der Waals surface area contributed by atoms with Crippen molar-refractivity contribution < 1.29 is 24.8 Å². The van der Waals surface area contributed by atoms with Gasteiger partial charge in [0.2, 0.25) is 0 Å². The molecule has 4 rings (SSSR count). The standard InChI is InChI=1S/C31H34N2O5/c34-27(21-37-30-15-7-3-11-25(30)19-32-17-23-9-1-5-13-28(23)35)22-38-31-16-8-4-12-26(31)20-33-18-24-10-2-6-14-29(24)36/h1-16,27,32-36H,17-22H2. The zero-order valence-electron chi connectivity index (χ0n) is 21.2. The van der Waals surface area contributed by atoms with Crippen LogP contribution in [-0.2, 0) is 26.2 Å². The van der Waals surface area contributed by atoms with Crippen molar-refractivity contribution in [3.8, 4) is 23.0 Å². The fourth-order valence-corrected chi connectivity index (χ4v) is 3.99. The predicted octanol–water partition coefficient (Wildman–Crippen LogP) is 4.50. The Kier molecular flexibility index (Phi) is 9.98. The number of rotatable bonds is 14. The molecule has 0 saturated carbocycles. The highest BCUT2D eigenvalue weighted by Gasteiger charge is 2.11. The van der Waals surface area contributed by atoms with E-state index in [4.69, 9.17) is 9.47 Å². The van der Waals surface area contributed by atoms with Crippen molar-refractivity contribution in [1.82, 2.24) is 10.6 Å².